The average Bonchev–Trinajstić information content (AvgIpc) is 2.75. The number of aryl methyl sites for hydroxylation is 2. The number of aromatic nitrogens is 3. The van der Waals surface area contributed by atoms with Crippen LogP contribution in [0.15, 0.2) is 30.3 Å². The quantitative estimate of drug-likeness (QED) is 0.911. The fourth-order valence-corrected chi connectivity index (χ4v) is 1.97. The van der Waals surface area contributed by atoms with Gasteiger partial charge in [0.1, 0.15) is 11.6 Å². The minimum Gasteiger partial charge on any atom is -0.350 e. The van der Waals surface area contributed by atoms with E-state index in [4.69, 9.17) is 0 Å². The zero-order valence-electron chi connectivity index (χ0n) is 11.4. The molecule has 0 fully saturated rings. The summed E-state index contributed by atoms with van der Waals surface area (Å²) in [5.41, 5.74) is 0.668. The Balaban J connectivity index is 1.96. The van der Waals surface area contributed by atoms with Gasteiger partial charge in [0.15, 0.2) is 0 Å². The fourth-order valence-electron chi connectivity index (χ4n) is 1.97. The first-order valence-electron chi connectivity index (χ1n) is 6.31. The van der Waals surface area contributed by atoms with Crippen molar-refractivity contribution in [3.8, 4) is 0 Å². The van der Waals surface area contributed by atoms with E-state index in [2.05, 4.69) is 15.4 Å². The van der Waals surface area contributed by atoms with Crippen molar-refractivity contribution in [2.24, 2.45) is 0 Å². The fraction of sp³-hybridized carbons (Fsp3) is 0.357. The molecular formula is C14H18N4O. The van der Waals surface area contributed by atoms with Crippen molar-refractivity contribution in [1.82, 2.24) is 20.1 Å². The van der Waals surface area contributed by atoms with Crippen LogP contribution in [0.2, 0.25) is 0 Å². The highest BCUT2D eigenvalue weighted by Crippen LogP contribution is 2.07. The number of nitrogens with one attached hydrogen (secondary N) is 1. The lowest BCUT2D eigenvalue weighted by atomic mass is 10.2. The Hall–Kier alpha value is -2.17. The number of amides is 1. The van der Waals surface area contributed by atoms with E-state index in [1.807, 2.05) is 43.7 Å². The number of hydrogen-bond donors (Lipinski definition) is 1. The van der Waals surface area contributed by atoms with Crippen molar-refractivity contribution in [3.05, 3.63) is 47.5 Å². The second-order valence-corrected chi connectivity index (χ2v) is 4.58. The van der Waals surface area contributed by atoms with Crippen molar-refractivity contribution in [3.63, 3.8) is 0 Å². The number of carbonyl (C=O) groups is 1. The van der Waals surface area contributed by atoms with E-state index in [-0.39, 0.29) is 11.9 Å². The molecule has 1 N–H and O–H groups in total. The molecule has 0 aliphatic carbocycles. The zero-order chi connectivity index (χ0) is 13.8. The average molecular weight is 258 g/mol. The summed E-state index contributed by atoms with van der Waals surface area (Å²) in [6.45, 7) is 6.30. The monoisotopic (exact) mass is 258 g/mol. The summed E-state index contributed by atoms with van der Waals surface area (Å²) in [6, 6.07) is 9.26. The molecule has 1 atom stereocenters. The Bertz CT molecular complexity index is 562. The normalized spacial score (nSPS) is 12.2. The molecule has 0 aliphatic heterocycles. The van der Waals surface area contributed by atoms with Crippen LogP contribution in [0.3, 0.4) is 0 Å². The van der Waals surface area contributed by atoms with Gasteiger partial charge in [-0.2, -0.15) is 5.10 Å². The Morgan fingerprint density at radius 1 is 1.32 bits per heavy atom. The van der Waals surface area contributed by atoms with Crippen LogP contribution in [0.1, 0.15) is 35.0 Å². The van der Waals surface area contributed by atoms with Crippen LogP contribution < -0.4 is 5.32 Å². The largest absolute Gasteiger partial charge is 0.350 e. The highest BCUT2D eigenvalue weighted by atomic mass is 16.1. The summed E-state index contributed by atoms with van der Waals surface area (Å²) < 4.78 is 1.83. The second-order valence-electron chi connectivity index (χ2n) is 4.58. The molecular weight excluding hydrogens is 240 g/mol. The van der Waals surface area contributed by atoms with Crippen molar-refractivity contribution in [2.75, 3.05) is 6.54 Å². The topological polar surface area (TPSA) is 59.8 Å². The molecule has 1 aromatic heterocycles. The lowest BCUT2D eigenvalue weighted by Gasteiger charge is -2.14. The van der Waals surface area contributed by atoms with E-state index >= 15 is 0 Å². The van der Waals surface area contributed by atoms with Gasteiger partial charge >= 0.3 is 0 Å². The molecule has 0 saturated heterocycles. The molecule has 0 radical (unpaired) electrons. The lowest BCUT2D eigenvalue weighted by Crippen LogP contribution is -2.30. The van der Waals surface area contributed by atoms with Crippen LogP contribution >= 0.6 is 0 Å². The highest BCUT2D eigenvalue weighted by Gasteiger charge is 2.12. The first-order valence-corrected chi connectivity index (χ1v) is 6.31. The Morgan fingerprint density at radius 2 is 2.00 bits per heavy atom. The molecule has 0 aliphatic rings. The summed E-state index contributed by atoms with van der Waals surface area (Å²) in [4.78, 5) is 16.2. The van der Waals surface area contributed by atoms with Gasteiger partial charge in [-0.15, -0.1) is 0 Å². The van der Waals surface area contributed by atoms with Gasteiger partial charge in [-0.1, -0.05) is 18.2 Å². The molecule has 100 valence electrons. The van der Waals surface area contributed by atoms with Crippen molar-refractivity contribution >= 4 is 5.91 Å². The van der Waals surface area contributed by atoms with Crippen molar-refractivity contribution in [1.29, 1.82) is 0 Å². The lowest BCUT2D eigenvalue weighted by molar-refractivity contribution is 0.0947. The number of nitrogens with zero attached hydrogens (tertiary/aromatic N) is 3. The molecule has 1 heterocycles. The second kappa shape index (κ2) is 5.65. The first kappa shape index (κ1) is 13.3. The molecule has 2 aromatic rings. The predicted octanol–water partition coefficient (Wildman–Crippen LogP) is 1.89. The van der Waals surface area contributed by atoms with Crippen LogP contribution in [0.5, 0.6) is 0 Å². The van der Waals surface area contributed by atoms with Gasteiger partial charge in [0.05, 0.1) is 6.04 Å². The van der Waals surface area contributed by atoms with Crippen LogP contribution in [0.25, 0.3) is 0 Å². The summed E-state index contributed by atoms with van der Waals surface area (Å²) in [5, 5.41) is 7.22. The molecule has 19 heavy (non-hydrogen) atoms. The van der Waals surface area contributed by atoms with Gasteiger partial charge in [0.25, 0.3) is 5.91 Å². The third-order valence-electron chi connectivity index (χ3n) is 2.92. The predicted molar refractivity (Wildman–Crippen MR) is 73.0 cm³/mol. The maximum absolute atomic E-state index is 11.9. The van der Waals surface area contributed by atoms with E-state index in [1.54, 1.807) is 12.1 Å². The Labute approximate surface area is 112 Å². The van der Waals surface area contributed by atoms with Crippen LogP contribution in [0, 0.1) is 13.8 Å². The molecule has 0 bridgehead atoms. The van der Waals surface area contributed by atoms with Crippen LogP contribution in [0.4, 0.5) is 0 Å². The van der Waals surface area contributed by atoms with E-state index in [0.29, 0.717) is 12.1 Å². The number of benzene rings is 1. The van der Waals surface area contributed by atoms with Crippen molar-refractivity contribution < 1.29 is 4.79 Å². The standard InChI is InChI=1S/C14H18N4O/c1-10(18-12(3)16-11(2)17-18)9-15-14(19)13-7-5-4-6-8-13/h4-8,10H,9H2,1-3H3,(H,15,19)/t10-/m1/s1. The Morgan fingerprint density at radius 3 is 2.58 bits per heavy atom. The summed E-state index contributed by atoms with van der Waals surface area (Å²) in [6.07, 6.45) is 0. The Kier molecular flexibility index (Phi) is 3.94. The van der Waals surface area contributed by atoms with Crippen LogP contribution in [-0.2, 0) is 0 Å². The molecule has 0 unspecified atom stereocenters. The molecule has 5 nitrogen and oxygen atoms in total. The van der Waals surface area contributed by atoms with E-state index in [0.717, 1.165) is 11.6 Å². The minimum atomic E-state index is -0.0676. The third kappa shape index (κ3) is 3.19. The molecule has 5 heteroatoms. The minimum absolute atomic E-state index is 0.0676. The van der Waals surface area contributed by atoms with Gasteiger partial charge in [0, 0.05) is 12.1 Å². The highest BCUT2D eigenvalue weighted by molar-refractivity contribution is 5.94. The third-order valence-corrected chi connectivity index (χ3v) is 2.92. The zero-order valence-corrected chi connectivity index (χ0v) is 11.4. The number of rotatable bonds is 4. The van der Waals surface area contributed by atoms with E-state index < -0.39 is 0 Å². The van der Waals surface area contributed by atoms with Crippen LogP contribution in [-0.4, -0.2) is 27.2 Å². The molecule has 2 rings (SSSR count). The van der Waals surface area contributed by atoms with Gasteiger partial charge in [-0.3, -0.25) is 4.79 Å². The van der Waals surface area contributed by atoms with Gasteiger partial charge in [0.2, 0.25) is 0 Å². The van der Waals surface area contributed by atoms with Gasteiger partial charge in [-0.05, 0) is 32.9 Å². The summed E-state index contributed by atoms with van der Waals surface area (Å²) >= 11 is 0. The first-order chi connectivity index (χ1) is 9.08. The molecule has 0 spiro atoms. The van der Waals surface area contributed by atoms with Gasteiger partial charge in [-0.25, -0.2) is 9.67 Å². The van der Waals surface area contributed by atoms with E-state index in [9.17, 15) is 4.79 Å². The van der Waals surface area contributed by atoms with E-state index in [1.165, 1.54) is 0 Å². The maximum Gasteiger partial charge on any atom is 0.251 e. The van der Waals surface area contributed by atoms with Crippen molar-refractivity contribution in [2.45, 2.75) is 26.8 Å². The molecule has 0 saturated carbocycles. The smallest absolute Gasteiger partial charge is 0.251 e. The maximum atomic E-state index is 11.9. The molecule has 1 aromatic carbocycles. The summed E-state index contributed by atoms with van der Waals surface area (Å²) in [5.74, 6) is 1.54. The number of hydrogen-bond acceptors (Lipinski definition) is 3. The number of carbonyl (C=O) groups excluding carboxylic acids is 1. The molecule has 1 amide bonds. The summed E-state index contributed by atoms with van der Waals surface area (Å²) in [7, 11) is 0. The SMILES string of the molecule is Cc1nc(C)n([C@H](C)CNC(=O)c2ccccc2)n1. The van der Waals surface area contributed by atoms with Gasteiger partial charge < -0.3 is 5.32 Å².